The van der Waals surface area contributed by atoms with E-state index in [2.05, 4.69) is 15.6 Å². The van der Waals surface area contributed by atoms with Gasteiger partial charge in [0.05, 0.1) is 18.2 Å². The SMILES string of the molecule is O=C(/C=C/c1ccccc1)Nc1nc(CC(=O)NC[C@@H]2CCCO2)cs1. The molecule has 1 saturated heterocycles. The van der Waals surface area contributed by atoms with Gasteiger partial charge < -0.3 is 10.1 Å². The molecule has 26 heavy (non-hydrogen) atoms. The number of nitrogens with one attached hydrogen (secondary N) is 2. The molecule has 1 aliphatic heterocycles. The first-order valence-corrected chi connectivity index (χ1v) is 9.44. The molecular formula is C19H21N3O3S. The Morgan fingerprint density at radius 2 is 2.15 bits per heavy atom. The molecule has 2 N–H and O–H groups in total. The number of carbonyl (C=O) groups is 2. The number of aromatic nitrogens is 1. The number of benzene rings is 1. The third-order valence-electron chi connectivity index (χ3n) is 3.90. The quantitative estimate of drug-likeness (QED) is 0.733. The maximum atomic E-state index is 12.0. The second-order valence-electron chi connectivity index (χ2n) is 5.99. The van der Waals surface area contributed by atoms with Gasteiger partial charge in [-0.3, -0.25) is 14.9 Å². The van der Waals surface area contributed by atoms with Gasteiger partial charge >= 0.3 is 0 Å². The summed E-state index contributed by atoms with van der Waals surface area (Å²) in [5.74, 6) is -0.342. The number of ether oxygens (including phenoxy) is 1. The number of rotatable bonds is 7. The summed E-state index contributed by atoms with van der Waals surface area (Å²) in [4.78, 5) is 28.2. The van der Waals surface area contributed by atoms with E-state index in [0.717, 1.165) is 25.0 Å². The third kappa shape index (κ3) is 5.79. The van der Waals surface area contributed by atoms with Crippen molar-refractivity contribution >= 4 is 34.4 Å². The van der Waals surface area contributed by atoms with Crippen molar-refractivity contribution in [3.8, 4) is 0 Å². The van der Waals surface area contributed by atoms with Crippen LogP contribution in [0.4, 0.5) is 5.13 Å². The lowest BCUT2D eigenvalue weighted by Gasteiger charge is -2.09. The molecule has 7 heteroatoms. The van der Waals surface area contributed by atoms with Gasteiger partial charge in [-0.15, -0.1) is 11.3 Å². The molecule has 0 aliphatic carbocycles. The second-order valence-corrected chi connectivity index (χ2v) is 6.85. The second kappa shape index (κ2) is 9.26. The summed E-state index contributed by atoms with van der Waals surface area (Å²) in [5, 5.41) is 7.84. The fourth-order valence-corrected chi connectivity index (χ4v) is 3.30. The number of hydrogen-bond acceptors (Lipinski definition) is 5. The normalized spacial score (nSPS) is 16.7. The van der Waals surface area contributed by atoms with E-state index in [-0.39, 0.29) is 24.3 Å². The molecule has 0 bridgehead atoms. The molecule has 0 saturated carbocycles. The molecule has 0 radical (unpaired) electrons. The Hall–Kier alpha value is -2.51. The molecule has 0 spiro atoms. The zero-order valence-corrected chi connectivity index (χ0v) is 15.1. The van der Waals surface area contributed by atoms with Crippen LogP contribution in [0.5, 0.6) is 0 Å². The molecule has 2 amide bonds. The van der Waals surface area contributed by atoms with Crippen molar-refractivity contribution in [1.82, 2.24) is 10.3 Å². The summed E-state index contributed by atoms with van der Waals surface area (Å²) in [6, 6.07) is 9.58. The Balaban J connectivity index is 1.44. The highest BCUT2D eigenvalue weighted by Gasteiger charge is 2.16. The van der Waals surface area contributed by atoms with Crippen LogP contribution in [0, 0.1) is 0 Å². The average molecular weight is 371 g/mol. The molecular weight excluding hydrogens is 350 g/mol. The van der Waals surface area contributed by atoms with Crippen molar-refractivity contribution in [2.75, 3.05) is 18.5 Å². The van der Waals surface area contributed by atoms with E-state index in [1.165, 1.54) is 17.4 Å². The van der Waals surface area contributed by atoms with E-state index in [1.54, 1.807) is 11.5 Å². The van der Waals surface area contributed by atoms with Gasteiger partial charge in [0.15, 0.2) is 5.13 Å². The van der Waals surface area contributed by atoms with E-state index in [4.69, 9.17) is 4.74 Å². The van der Waals surface area contributed by atoms with Gasteiger partial charge in [-0.1, -0.05) is 30.3 Å². The highest BCUT2D eigenvalue weighted by atomic mass is 32.1. The largest absolute Gasteiger partial charge is 0.376 e. The zero-order valence-electron chi connectivity index (χ0n) is 14.3. The fourth-order valence-electron chi connectivity index (χ4n) is 2.59. The number of carbonyl (C=O) groups excluding carboxylic acids is 2. The van der Waals surface area contributed by atoms with Crippen molar-refractivity contribution in [2.24, 2.45) is 0 Å². The number of hydrogen-bond donors (Lipinski definition) is 2. The van der Waals surface area contributed by atoms with Gasteiger partial charge in [0.25, 0.3) is 0 Å². The summed E-state index contributed by atoms with van der Waals surface area (Å²) >= 11 is 1.30. The number of nitrogens with zero attached hydrogens (tertiary/aromatic N) is 1. The highest BCUT2D eigenvalue weighted by molar-refractivity contribution is 7.14. The smallest absolute Gasteiger partial charge is 0.250 e. The van der Waals surface area contributed by atoms with Gasteiger partial charge in [0.1, 0.15) is 0 Å². The predicted octanol–water partition coefficient (Wildman–Crippen LogP) is 2.63. The Bertz CT molecular complexity index is 767. The molecule has 136 valence electrons. The van der Waals surface area contributed by atoms with Crippen LogP contribution in [0.3, 0.4) is 0 Å². The first-order chi connectivity index (χ1) is 12.7. The minimum Gasteiger partial charge on any atom is -0.376 e. The standard InChI is InChI=1S/C19H21N3O3S/c23-17(9-8-14-5-2-1-3-6-14)22-19-21-15(13-26-19)11-18(24)20-12-16-7-4-10-25-16/h1-3,5-6,8-9,13,16H,4,7,10-12H2,(H,20,24)(H,21,22,23)/b9-8+/t16-/m0/s1. The van der Waals surface area contributed by atoms with Crippen molar-refractivity contribution < 1.29 is 14.3 Å². The minimum atomic E-state index is -0.252. The maximum absolute atomic E-state index is 12.0. The number of thiazole rings is 1. The molecule has 1 fully saturated rings. The lowest BCUT2D eigenvalue weighted by molar-refractivity contribution is -0.121. The Morgan fingerprint density at radius 1 is 1.31 bits per heavy atom. The molecule has 2 heterocycles. The summed E-state index contributed by atoms with van der Waals surface area (Å²) < 4.78 is 5.47. The summed E-state index contributed by atoms with van der Waals surface area (Å²) in [6.07, 6.45) is 5.56. The van der Waals surface area contributed by atoms with E-state index in [0.29, 0.717) is 17.4 Å². The summed E-state index contributed by atoms with van der Waals surface area (Å²) in [5.41, 5.74) is 1.59. The van der Waals surface area contributed by atoms with Gasteiger partial charge in [0.2, 0.25) is 11.8 Å². The van der Waals surface area contributed by atoms with Crippen molar-refractivity contribution in [1.29, 1.82) is 0 Å². The van der Waals surface area contributed by atoms with Gasteiger partial charge in [-0.2, -0.15) is 0 Å². The molecule has 0 unspecified atom stereocenters. The van der Waals surface area contributed by atoms with Crippen molar-refractivity contribution in [2.45, 2.75) is 25.4 Å². The third-order valence-corrected chi connectivity index (χ3v) is 4.71. The molecule has 1 aliphatic rings. The monoisotopic (exact) mass is 371 g/mol. The highest BCUT2D eigenvalue weighted by Crippen LogP contribution is 2.16. The Kier molecular flexibility index (Phi) is 6.51. The van der Waals surface area contributed by atoms with E-state index in [1.807, 2.05) is 30.3 Å². The Labute approximate surface area is 156 Å². The lowest BCUT2D eigenvalue weighted by atomic mass is 10.2. The van der Waals surface area contributed by atoms with Crippen LogP contribution in [0.1, 0.15) is 24.1 Å². The maximum Gasteiger partial charge on any atom is 0.250 e. The molecule has 1 aromatic carbocycles. The Morgan fingerprint density at radius 3 is 2.92 bits per heavy atom. The molecule has 6 nitrogen and oxygen atoms in total. The van der Waals surface area contributed by atoms with Gasteiger partial charge in [-0.25, -0.2) is 4.98 Å². The first-order valence-electron chi connectivity index (χ1n) is 8.56. The van der Waals surface area contributed by atoms with Crippen LogP contribution in [0.25, 0.3) is 6.08 Å². The zero-order chi connectivity index (χ0) is 18.2. The topological polar surface area (TPSA) is 80.3 Å². The molecule has 1 aromatic heterocycles. The number of anilines is 1. The predicted molar refractivity (Wildman–Crippen MR) is 102 cm³/mol. The minimum absolute atomic E-state index is 0.0901. The van der Waals surface area contributed by atoms with Crippen LogP contribution >= 0.6 is 11.3 Å². The number of amides is 2. The van der Waals surface area contributed by atoms with Gasteiger partial charge in [-0.05, 0) is 24.5 Å². The van der Waals surface area contributed by atoms with E-state index >= 15 is 0 Å². The fraction of sp³-hybridized carbons (Fsp3) is 0.316. The van der Waals surface area contributed by atoms with Gasteiger partial charge in [0, 0.05) is 24.6 Å². The van der Waals surface area contributed by atoms with Crippen molar-refractivity contribution in [3.05, 3.63) is 53.0 Å². The van der Waals surface area contributed by atoms with Crippen LogP contribution < -0.4 is 10.6 Å². The van der Waals surface area contributed by atoms with Crippen LogP contribution in [-0.4, -0.2) is 36.1 Å². The summed E-state index contributed by atoms with van der Waals surface area (Å²) in [7, 11) is 0. The average Bonchev–Trinajstić information content (AvgIpc) is 3.31. The van der Waals surface area contributed by atoms with Crippen LogP contribution in [-0.2, 0) is 20.7 Å². The molecule has 2 aromatic rings. The van der Waals surface area contributed by atoms with E-state index in [9.17, 15) is 9.59 Å². The van der Waals surface area contributed by atoms with E-state index < -0.39 is 0 Å². The van der Waals surface area contributed by atoms with Crippen molar-refractivity contribution in [3.63, 3.8) is 0 Å². The van der Waals surface area contributed by atoms with Crippen LogP contribution in [0.2, 0.25) is 0 Å². The van der Waals surface area contributed by atoms with Crippen LogP contribution in [0.15, 0.2) is 41.8 Å². The lowest BCUT2D eigenvalue weighted by Crippen LogP contribution is -2.32. The summed E-state index contributed by atoms with van der Waals surface area (Å²) in [6.45, 7) is 1.31. The molecule has 3 rings (SSSR count). The first kappa shape index (κ1) is 18.3. The molecule has 1 atom stereocenters.